The molecule has 2 amide bonds. The average molecular weight is 714 g/mol. The van der Waals surface area contributed by atoms with E-state index in [9.17, 15) is 20.0 Å². The molecule has 3 aliphatic rings. The van der Waals surface area contributed by atoms with Gasteiger partial charge in [0.05, 0.1) is 49.7 Å². The molecule has 1 saturated heterocycles. The fourth-order valence-electron chi connectivity index (χ4n) is 9.12. The summed E-state index contributed by atoms with van der Waals surface area (Å²) in [6.45, 7) is 6.54. The van der Waals surface area contributed by atoms with Crippen molar-refractivity contribution in [3.05, 3.63) is 130 Å². The van der Waals surface area contributed by atoms with Crippen molar-refractivity contribution >= 4 is 58.6 Å². The standard InChI is InChI=1S/C41H39N3O7Si/c1-25-38(52(3,4)31-17-15-30(50-2)16-18-31)36(20-21-45)51-41(25)33-23-29(44(48)49)14-19-34(33)42(40(41)47)24-26-8-5-11-28(22-26)43-35-13-7-10-27-9-6-12-32(37(27)35)39(43)46/h5-19,22-23,25,36,38,45H,20-21,24H2,1-4H3/t25-,36+,38-,41+/m0/s1. The molecule has 0 radical (unpaired) electrons. The summed E-state index contributed by atoms with van der Waals surface area (Å²) in [5.74, 6) is -0.0373. The number of nitro benzene ring substituents is 1. The maximum absolute atomic E-state index is 15.1. The number of fused-ring (bicyclic) bond motifs is 2. The average Bonchev–Trinajstić information content (AvgIpc) is 3.70. The second-order valence-corrected chi connectivity index (χ2v) is 19.2. The number of carbonyl (C=O) groups is 2. The van der Waals surface area contributed by atoms with E-state index in [1.807, 2.05) is 79.7 Å². The van der Waals surface area contributed by atoms with Crippen molar-refractivity contribution in [2.45, 2.75) is 50.2 Å². The van der Waals surface area contributed by atoms with E-state index in [4.69, 9.17) is 9.47 Å². The number of ether oxygens (including phenoxy) is 2. The highest BCUT2D eigenvalue weighted by Crippen LogP contribution is 2.60. The van der Waals surface area contributed by atoms with Crippen molar-refractivity contribution in [3.63, 3.8) is 0 Å². The number of carbonyl (C=O) groups excluding carboxylic acids is 2. The highest BCUT2D eigenvalue weighted by Gasteiger charge is 2.66. The van der Waals surface area contributed by atoms with Gasteiger partial charge in [-0.25, -0.2) is 0 Å². The molecule has 3 heterocycles. The van der Waals surface area contributed by atoms with Gasteiger partial charge in [0.25, 0.3) is 17.5 Å². The van der Waals surface area contributed by atoms with Crippen LogP contribution >= 0.6 is 0 Å². The Hall–Kier alpha value is -5.36. The number of hydrogen-bond donors (Lipinski definition) is 1. The van der Waals surface area contributed by atoms with E-state index in [2.05, 4.69) is 25.2 Å². The summed E-state index contributed by atoms with van der Waals surface area (Å²) in [6.07, 6.45) is -0.143. The summed E-state index contributed by atoms with van der Waals surface area (Å²) in [4.78, 5) is 43.9. The lowest BCUT2D eigenvalue weighted by Gasteiger charge is -2.37. The highest BCUT2D eigenvalue weighted by molar-refractivity contribution is 6.91. The SMILES string of the molecule is COc1ccc([Si](C)(C)[C@@H]2[C@@H](CCO)O[C@]3(C(=O)N(Cc4cccc(N5C(=O)c6cccc7cccc5c67)c4)c4ccc([N+](=O)[O-])cc43)[C@H]2C)cc1. The van der Waals surface area contributed by atoms with E-state index in [0.29, 0.717) is 28.9 Å². The number of hydrogen-bond acceptors (Lipinski definition) is 7. The zero-order valence-corrected chi connectivity index (χ0v) is 30.4. The summed E-state index contributed by atoms with van der Waals surface area (Å²) >= 11 is 0. The van der Waals surface area contributed by atoms with Crippen LogP contribution in [0, 0.1) is 16.0 Å². The van der Waals surface area contributed by atoms with Gasteiger partial charge in [-0.05, 0) is 65.4 Å². The molecule has 0 aromatic heterocycles. The van der Waals surface area contributed by atoms with E-state index >= 15 is 4.79 Å². The second-order valence-electron chi connectivity index (χ2n) is 14.5. The summed E-state index contributed by atoms with van der Waals surface area (Å²) in [5, 5.41) is 25.4. The van der Waals surface area contributed by atoms with Crippen LogP contribution in [-0.4, -0.2) is 49.7 Å². The summed E-state index contributed by atoms with van der Waals surface area (Å²) < 4.78 is 12.4. The van der Waals surface area contributed by atoms with Gasteiger partial charge in [-0.2, -0.15) is 0 Å². The third-order valence-corrected chi connectivity index (χ3v) is 15.9. The molecule has 0 unspecified atom stereocenters. The minimum atomic E-state index is -2.43. The molecule has 0 bridgehead atoms. The molecule has 1 fully saturated rings. The smallest absolute Gasteiger partial charge is 0.269 e. The monoisotopic (exact) mass is 713 g/mol. The molecule has 3 aliphatic heterocycles. The Labute approximate surface area is 302 Å². The molecule has 0 saturated carbocycles. The number of benzene rings is 5. The van der Waals surface area contributed by atoms with Crippen molar-refractivity contribution in [1.82, 2.24) is 0 Å². The third-order valence-electron chi connectivity index (χ3n) is 11.5. The van der Waals surface area contributed by atoms with Crippen LogP contribution < -0.4 is 19.7 Å². The second kappa shape index (κ2) is 12.4. The lowest BCUT2D eigenvalue weighted by molar-refractivity contribution is -0.385. The summed E-state index contributed by atoms with van der Waals surface area (Å²) in [5.41, 5.74) is 2.20. The quantitative estimate of drug-likeness (QED) is 0.0975. The highest BCUT2D eigenvalue weighted by atomic mass is 28.3. The molecule has 52 heavy (non-hydrogen) atoms. The minimum Gasteiger partial charge on any atom is -0.497 e. The van der Waals surface area contributed by atoms with Crippen molar-refractivity contribution in [2.75, 3.05) is 23.5 Å². The zero-order chi connectivity index (χ0) is 36.5. The molecule has 5 aromatic carbocycles. The van der Waals surface area contributed by atoms with Crippen molar-refractivity contribution < 1.29 is 29.1 Å². The topological polar surface area (TPSA) is 122 Å². The number of aliphatic hydroxyl groups excluding tert-OH is 1. The minimum absolute atomic E-state index is 0.113. The van der Waals surface area contributed by atoms with Gasteiger partial charge in [0.2, 0.25) is 0 Å². The summed E-state index contributed by atoms with van der Waals surface area (Å²) in [6, 6.07) is 31.7. The molecule has 264 valence electrons. The maximum atomic E-state index is 15.1. The van der Waals surface area contributed by atoms with Crippen LogP contribution in [-0.2, 0) is 21.7 Å². The van der Waals surface area contributed by atoms with Gasteiger partial charge in [0, 0.05) is 41.3 Å². The van der Waals surface area contributed by atoms with Gasteiger partial charge < -0.3 is 19.5 Å². The molecular formula is C41H39N3O7Si. The van der Waals surface area contributed by atoms with Crippen LogP contribution in [0.25, 0.3) is 10.8 Å². The molecule has 4 atom stereocenters. The number of amides is 2. The molecule has 11 heteroatoms. The first-order valence-corrected chi connectivity index (χ1v) is 20.6. The molecule has 5 aromatic rings. The fraction of sp³-hybridized carbons (Fsp3) is 0.268. The maximum Gasteiger partial charge on any atom is 0.269 e. The first kappa shape index (κ1) is 33.8. The third kappa shape index (κ3) is 4.91. The molecule has 1 N–H and O–H groups in total. The van der Waals surface area contributed by atoms with Crippen LogP contribution in [0.1, 0.15) is 34.8 Å². The Morgan fingerprint density at radius 2 is 1.67 bits per heavy atom. The number of nitro groups is 1. The van der Waals surface area contributed by atoms with Crippen molar-refractivity contribution in [2.24, 2.45) is 5.92 Å². The van der Waals surface area contributed by atoms with Crippen LogP contribution in [0.2, 0.25) is 18.6 Å². The van der Waals surface area contributed by atoms with Gasteiger partial charge >= 0.3 is 0 Å². The first-order valence-electron chi connectivity index (χ1n) is 17.5. The van der Waals surface area contributed by atoms with Crippen molar-refractivity contribution in [1.29, 1.82) is 0 Å². The van der Waals surface area contributed by atoms with Crippen LogP contribution in [0.3, 0.4) is 0 Å². The summed E-state index contributed by atoms with van der Waals surface area (Å²) in [7, 11) is -0.805. The van der Waals surface area contributed by atoms with E-state index in [1.54, 1.807) is 23.0 Å². The Kier molecular flexibility index (Phi) is 8.05. The normalized spacial score (nSPS) is 22.1. The van der Waals surface area contributed by atoms with Gasteiger partial charge in [0.15, 0.2) is 5.60 Å². The molecule has 0 aliphatic carbocycles. The Morgan fingerprint density at radius 1 is 0.942 bits per heavy atom. The van der Waals surface area contributed by atoms with Crippen molar-refractivity contribution in [3.8, 4) is 5.75 Å². The van der Waals surface area contributed by atoms with Gasteiger partial charge in [-0.15, -0.1) is 0 Å². The number of nitrogens with zero attached hydrogens (tertiary/aromatic N) is 3. The Balaban J connectivity index is 1.19. The van der Waals surface area contributed by atoms with Crippen LogP contribution in [0.4, 0.5) is 22.7 Å². The Bertz CT molecular complexity index is 2270. The predicted octanol–water partition coefficient (Wildman–Crippen LogP) is 7.19. The lowest BCUT2D eigenvalue weighted by Crippen LogP contribution is -2.51. The first-order chi connectivity index (χ1) is 25.0. The largest absolute Gasteiger partial charge is 0.497 e. The number of non-ortho nitro benzene ring substituents is 1. The molecule has 1 spiro atoms. The van der Waals surface area contributed by atoms with Crippen LogP contribution in [0.5, 0.6) is 5.75 Å². The molecular weight excluding hydrogens is 675 g/mol. The van der Waals surface area contributed by atoms with Gasteiger partial charge in [0.1, 0.15) is 5.75 Å². The molecule has 8 rings (SSSR count). The van der Waals surface area contributed by atoms with E-state index in [0.717, 1.165) is 33.0 Å². The lowest BCUT2D eigenvalue weighted by atomic mass is 9.82. The number of aliphatic hydroxyl groups is 1. The van der Waals surface area contributed by atoms with E-state index in [-0.39, 0.29) is 42.1 Å². The fourth-order valence-corrected chi connectivity index (χ4v) is 13.2. The van der Waals surface area contributed by atoms with E-state index < -0.39 is 24.7 Å². The van der Waals surface area contributed by atoms with E-state index in [1.165, 1.54) is 12.1 Å². The number of methoxy groups -OCH3 is 1. The van der Waals surface area contributed by atoms with Gasteiger partial charge in [-0.1, -0.05) is 73.7 Å². The predicted molar refractivity (Wildman–Crippen MR) is 202 cm³/mol. The number of anilines is 3. The van der Waals surface area contributed by atoms with Gasteiger partial charge in [-0.3, -0.25) is 24.6 Å². The number of rotatable bonds is 9. The van der Waals surface area contributed by atoms with Crippen LogP contribution in [0.15, 0.2) is 103 Å². The zero-order valence-electron chi connectivity index (χ0n) is 29.4. The Morgan fingerprint density at radius 3 is 2.38 bits per heavy atom. The molecule has 10 nitrogen and oxygen atoms in total.